The third-order valence-corrected chi connectivity index (χ3v) is 2.09. The first-order valence-electron chi connectivity index (χ1n) is 6.05. The molecule has 0 saturated carbocycles. The minimum atomic E-state index is -1.83. The van der Waals surface area contributed by atoms with Gasteiger partial charge in [-0.15, -0.1) is 0 Å². The summed E-state index contributed by atoms with van der Waals surface area (Å²) in [5.74, 6) is -1.09. The lowest BCUT2D eigenvalue weighted by molar-refractivity contribution is 0.257. The average molecular weight is 145 g/mol. The molecule has 1 aliphatic heterocycles. The first-order valence-corrected chi connectivity index (χ1v) is 4.10. The smallest absolute Gasteiger partial charge is 0.122 e. The van der Waals surface area contributed by atoms with Gasteiger partial charge in [-0.3, -0.25) is 0 Å². The second kappa shape index (κ2) is 3.97. The molecule has 0 spiro atoms. The van der Waals surface area contributed by atoms with Gasteiger partial charge in [-0.25, -0.2) is 0 Å². The minimum Gasteiger partial charge on any atom is -0.316 e. The van der Waals surface area contributed by atoms with E-state index >= 15 is 0 Å². The summed E-state index contributed by atoms with van der Waals surface area (Å²) < 4.78 is 31.1. The molecule has 10 heavy (non-hydrogen) atoms. The molecule has 0 aliphatic carbocycles. The van der Waals surface area contributed by atoms with E-state index < -0.39 is 12.4 Å². The summed E-state index contributed by atoms with van der Waals surface area (Å²) in [6.45, 7) is 2.28. The highest BCUT2D eigenvalue weighted by atomic mass is 14.9. The van der Waals surface area contributed by atoms with Gasteiger partial charge in [-0.2, -0.15) is 0 Å². The molecule has 60 valence electrons. The van der Waals surface area contributed by atoms with E-state index in [1.807, 2.05) is 0 Å². The molecule has 2 atom stereocenters. The van der Waals surface area contributed by atoms with Gasteiger partial charge in [0.2, 0.25) is 0 Å². The first kappa shape index (κ1) is 4.10. The Bertz CT molecular complexity index is 205. The Kier molecular flexibility index (Phi) is 1.63. The average Bonchev–Trinajstić information content (AvgIpc) is 2.08. The van der Waals surface area contributed by atoms with Crippen LogP contribution in [0.5, 0.6) is 0 Å². The maximum absolute atomic E-state index is 8.08. The highest BCUT2D eigenvalue weighted by molar-refractivity contribution is 4.74. The predicted octanol–water partition coefficient (Wildman–Crippen LogP) is 2.03. The van der Waals surface area contributed by atoms with E-state index in [-0.39, 0.29) is 5.92 Å². The van der Waals surface area contributed by atoms with Crippen LogP contribution in [0.1, 0.15) is 37.2 Å². The lowest BCUT2D eigenvalue weighted by Crippen LogP contribution is -2.34. The van der Waals surface area contributed by atoms with Crippen molar-refractivity contribution in [3.8, 4) is 0 Å². The van der Waals surface area contributed by atoms with Gasteiger partial charge in [0.15, 0.2) is 0 Å². The van der Waals surface area contributed by atoms with Crippen molar-refractivity contribution in [2.45, 2.75) is 33.1 Å². The zero-order valence-electron chi connectivity index (χ0n) is 10.9. The fourth-order valence-corrected chi connectivity index (χ4v) is 1.42. The maximum Gasteiger partial charge on any atom is 0.122 e. The standard InChI is InChI=1S/C9H19N/c1-3-4-9-5-6-10-7-8(9)2/h8-10H,3-7H2,1-2H3/i7D2,8D/hD. The fourth-order valence-electron chi connectivity index (χ4n) is 1.42. The van der Waals surface area contributed by atoms with E-state index in [1.165, 1.54) is 0 Å². The molecule has 0 bridgehead atoms. The zero-order valence-corrected chi connectivity index (χ0v) is 6.85. The van der Waals surface area contributed by atoms with Crippen LogP contribution in [0.15, 0.2) is 0 Å². The van der Waals surface area contributed by atoms with Gasteiger partial charge in [-0.05, 0) is 31.3 Å². The number of nitrogens with one attached hydrogen (secondary N) is 1. The molecule has 0 amide bonds. The molecule has 1 heterocycles. The molecular formula is C9H19N. The largest absolute Gasteiger partial charge is 0.316 e. The fraction of sp³-hybridized carbons (Fsp3) is 1.00. The topological polar surface area (TPSA) is 12.0 Å². The van der Waals surface area contributed by atoms with Crippen molar-refractivity contribution >= 4 is 0 Å². The van der Waals surface area contributed by atoms with Gasteiger partial charge in [0.1, 0.15) is 1.41 Å². The van der Waals surface area contributed by atoms with E-state index in [2.05, 4.69) is 6.92 Å². The van der Waals surface area contributed by atoms with Crippen molar-refractivity contribution in [2.75, 3.05) is 13.0 Å². The third kappa shape index (κ3) is 1.98. The molecular weight excluding hydrogens is 122 g/mol. The van der Waals surface area contributed by atoms with E-state index in [4.69, 9.17) is 5.52 Å². The Morgan fingerprint density at radius 1 is 1.90 bits per heavy atom. The predicted molar refractivity (Wildman–Crippen MR) is 45.0 cm³/mol. The van der Waals surface area contributed by atoms with Gasteiger partial charge in [0.25, 0.3) is 0 Å². The molecule has 0 aromatic rings. The van der Waals surface area contributed by atoms with Crippen molar-refractivity contribution in [1.82, 2.24) is 5.31 Å². The van der Waals surface area contributed by atoms with Crippen LogP contribution in [0.4, 0.5) is 0 Å². The first-order chi connectivity index (χ1) is 6.34. The summed E-state index contributed by atoms with van der Waals surface area (Å²) in [6, 6.07) is 0. The van der Waals surface area contributed by atoms with E-state index in [9.17, 15) is 0 Å². The Hall–Kier alpha value is -0.0400. The van der Waals surface area contributed by atoms with Crippen LogP contribution < -0.4 is 5.31 Å². The second-order valence-corrected chi connectivity index (χ2v) is 2.95. The molecule has 0 aromatic heterocycles. The van der Waals surface area contributed by atoms with Gasteiger partial charge >= 0.3 is 0 Å². The van der Waals surface area contributed by atoms with Crippen molar-refractivity contribution in [1.29, 1.82) is 0 Å². The van der Waals surface area contributed by atoms with Gasteiger partial charge in [0.05, 0.1) is 0 Å². The summed E-state index contributed by atoms with van der Waals surface area (Å²) in [5, 5.41) is 0.923. The minimum absolute atomic E-state index is 0.0732. The number of piperidine rings is 1. The van der Waals surface area contributed by atoms with Crippen LogP contribution in [0.25, 0.3) is 0 Å². The van der Waals surface area contributed by atoms with E-state index in [0.29, 0.717) is 6.54 Å². The Balaban J connectivity index is 2.85. The van der Waals surface area contributed by atoms with Crippen molar-refractivity contribution in [3.63, 3.8) is 0 Å². The molecule has 0 aromatic carbocycles. The van der Waals surface area contributed by atoms with Crippen LogP contribution >= 0.6 is 0 Å². The molecule has 1 fully saturated rings. The van der Waals surface area contributed by atoms with E-state index in [0.717, 1.165) is 24.6 Å². The monoisotopic (exact) mass is 145 g/mol. The molecule has 1 heteroatoms. The van der Waals surface area contributed by atoms with Crippen LogP contribution in [0.3, 0.4) is 0 Å². The number of hydrogen-bond acceptors (Lipinski definition) is 1. The summed E-state index contributed by atoms with van der Waals surface area (Å²) in [6.07, 6.45) is 2.62. The molecule has 2 unspecified atom stereocenters. The quantitative estimate of drug-likeness (QED) is 0.627. The number of rotatable bonds is 2. The van der Waals surface area contributed by atoms with Crippen LogP contribution in [0, 0.1) is 11.8 Å². The Labute approximate surface area is 69.9 Å². The van der Waals surface area contributed by atoms with Crippen molar-refractivity contribution in [3.05, 3.63) is 0 Å². The zero-order chi connectivity index (χ0) is 11.0. The van der Waals surface area contributed by atoms with Crippen molar-refractivity contribution < 1.29 is 5.52 Å². The molecule has 1 nitrogen and oxygen atoms in total. The molecule has 1 rings (SSSR count). The van der Waals surface area contributed by atoms with Crippen molar-refractivity contribution in [2.24, 2.45) is 11.8 Å². The lowest BCUT2D eigenvalue weighted by atomic mass is 9.85. The van der Waals surface area contributed by atoms with Gasteiger partial charge in [-0.1, -0.05) is 26.7 Å². The van der Waals surface area contributed by atoms with E-state index in [1.54, 1.807) is 6.92 Å². The summed E-state index contributed by atoms with van der Waals surface area (Å²) in [5.41, 5.74) is 0. The number of hydrogen-bond donors (Lipinski definition) is 1. The molecule has 1 saturated heterocycles. The summed E-state index contributed by atoms with van der Waals surface area (Å²) in [7, 11) is 0. The molecule has 0 radical (unpaired) electrons. The third-order valence-electron chi connectivity index (χ3n) is 2.09. The summed E-state index contributed by atoms with van der Waals surface area (Å²) >= 11 is 0. The highest BCUT2D eigenvalue weighted by Gasteiger charge is 2.19. The normalized spacial score (nSPS) is 54.4. The van der Waals surface area contributed by atoms with Gasteiger partial charge in [0, 0.05) is 4.11 Å². The van der Waals surface area contributed by atoms with Crippen LogP contribution in [-0.2, 0) is 0 Å². The highest BCUT2D eigenvalue weighted by Crippen LogP contribution is 2.22. The maximum atomic E-state index is 8.08. The molecule has 1 N–H and O–H groups in total. The van der Waals surface area contributed by atoms with Crippen LogP contribution in [0.2, 0.25) is 1.41 Å². The Morgan fingerprint density at radius 3 is 3.40 bits per heavy atom. The molecule has 1 aliphatic rings. The second-order valence-electron chi connectivity index (χ2n) is 2.95. The van der Waals surface area contributed by atoms with Gasteiger partial charge < -0.3 is 5.31 Å². The summed E-state index contributed by atoms with van der Waals surface area (Å²) in [4.78, 5) is 0. The SMILES string of the molecule is [2H]N1CCC(CCC)C([2H])(C)C1([2H])[2H]. The lowest BCUT2D eigenvalue weighted by Gasteiger charge is -2.29. The van der Waals surface area contributed by atoms with Crippen LogP contribution in [-0.4, -0.2) is 13.0 Å². The Morgan fingerprint density at radius 2 is 2.70 bits per heavy atom.